The fourth-order valence-electron chi connectivity index (χ4n) is 10.8. The molecule has 0 fully saturated rings. The number of hydrogen-bond acceptors (Lipinski definition) is 2. The Hall–Kier alpha value is -7.16. The fourth-order valence-corrected chi connectivity index (χ4v) is 10.8. The quantitative estimate of drug-likeness (QED) is 0.154. The van der Waals surface area contributed by atoms with Crippen LogP contribution in [0.1, 0.15) is 77.6 Å². The summed E-state index contributed by atoms with van der Waals surface area (Å²) in [5.74, 6) is 0. The largest absolute Gasteiger partial charge is 0.310 e. The zero-order valence-electron chi connectivity index (χ0n) is 38.9. The molecule has 0 unspecified atom stereocenters. The van der Waals surface area contributed by atoms with Crippen LogP contribution < -0.4 is 9.80 Å². The lowest BCUT2D eigenvalue weighted by Gasteiger charge is -2.29. The summed E-state index contributed by atoms with van der Waals surface area (Å²) in [5, 5.41) is 10.3. The average Bonchev–Trinajstić information content (AvgIpc) is 3.57. The maximum atomic E-state index is 2.46. The van der Waals surface area contributed by atoms with Crippen LogP contribution in [0, 0.1) is 0 Å². The van der Waals surface area contributed by atoms with Crippen molar-refractivity contribution in [3.8, 4) is 11.1 Å². The second kappa shape index (κ2) is 15.0. The van der Waals surface area contributed by atoms with E-state index in [2.05, 4.69) is 259 Å². The Bertz CT molecular complexity index is 3210. The van der Waals surface area contributed by atoms with Crippen LogP contribution in [0.4, 0.5) is 34.1 Å². The van der Waals surface area contributed by atoms with Crippen molar-refractivity contribution in [3.63, 3.8) is 0 Å². The van der Waals surface area contributed by atoms with Gasteiger partial charge in [-0.05, 0) is 160 Å². The standard InChI is InChI=1S/C63H56N2/c1-61(2,3)41-27-31-45(32-28-41)64(43-19-11-9-12-20-43)47-35-37-53-55(39-47)49-23-15-17-25-51(49)57-58-52-26-18-16-24-50(52)56-40-48(36-38-54(56)60(58)63(7,8)59(53)57)65(44-21-13-10-14-22-44)46-33-29-42(30-34-46)62(4,5)6/h9-40H,1-8H3. The van der Waals surface area contributed by atoms with Gasteiger partial charge in [-0.25, -0.2) is 0 Å². The topological polar surface area (TPSA) is 6.48 Å². The monoisotopic (exact) mass is 840 g/mol. The lowest BCUT2D eigenvalue weighted by molar-refractivity contribution is 0.590. The van der Waals surface area contributed by atoms with Gasteiger partial charge in [0.15, 0.2) is 0 Å². The van der Waals surface area contributed by atoms with Crippen LogP contribution in [0.3, 0.4) is 0 Å². The van der Waals surface area contributed by atoms with Crippen molar-refractivity contribution in [2.45, 2.75) is 71.6 Å². The van der Waals surface area contributed by atoms with Crippen LogP contribution in [0.5, 0.6) is 0 Å². The van der Waals surface area contributed by atoms with E-state index >= 15 is 0 Å². The highest BCUT2D eigenvalue weighted by Crippen LogP contribution is 2.59. The molecule has 0 bridgehead atoms. The molecule has 1 aliphatic rings. The van der Waals surface area contributed by atoms with Gasteiger partial charge in [-0.15, -0.1) is 0 Å². The fraction of sp³-hybridized carbons (Fsp3) is 0.175. The van der Waals surface area contributed by atoms with Gasteiger partial charge < -0.3 is 9.80 Å². The lowest BCUT2D eigenvalue weighted by atomic mass is 9.77. The Morgan fingerprint density at radius 3 is 0.954 bits per heavy atom. The molecule has 318 valence electrons. The van der Waals surface area contributed by atoms with Gasteiger partial charge in [0.25, 0.3) is 0 Å². The molecule has 65 heavy (non-hydrogen) atoms. The maximum Gasteiger partial charge on any atom is 0.0468 e. The number of fused-ring (bicyclic) bond motifs is 13. The van der Waals surface area contributed by atoms with Gasteiger partial charge in [0.1, 0.15) is 0 Å². The Morgan fingerprint density at radius 1 is 0.292 bits per heavy atom. The highest BCUT2D eigenvalue weighted by molar-refractivity contribution is 6.26. The van der Waals surface area contributed by atoms with E-state index in [-0.39, 0.29) is 16.2 Å². The summed E-state index contributed by atoms with van der Waals surface area (Å²) in [7, 11) is 0. The van der Waals surface area contributed by atoms with Gasteiger partial charge in [-0.1, -0.05) is 177 Å². The molecule has 0 aliphatic heterocycles. The van der Waals surface area contributed by atoms with Gasteiger partial charge in [0, 0.05) is 39.5 Å². The van der Waals surface area contributed by atoms with Crippen molar-refractivity contribution in [1.82, 2.24) is 0 Å². The summed E-state index contributed by atoms with van der Waals surface area (Å²) in [6.45, 7) is 18.6. The zero-order chi connectivity index (χ0) is 44.8. The number of para-hydroxylation sites is 2. The number of nitrogens with zero attached hydrogens (tertiary/aromatic N) is 2. The summed E-state index contributed by atoms with van der Waals surface area (Å²) in [5.41, 5.74) is 14.9. The Morgan fingerprint density at radius 2 is 0.600 bits per heavy atom. The predicted molar refractivity (Wildman–Crippen MR) is 281 cm³/mol. The second-order valence-corrected chi connectivity index (χ2v) is 20.6. The summed E-state index contributed by atoms with van der Waals surface area (Å²) < 4.78 is 0. The highest BCUT2D eigenvalue weighted by Gasteiger charge is 2.41. The third kappa shape index (κ3) is 6.61. The molecule has 0 amide bonds. The molecule has 0 spiro atoms. The maximum absolute atomic E-state index is 2.46. The number of hydrogen-bond donors (Lipinski definition) is 0. The Labute approximate surface area is 384 Å². The molecule has 2 nitrogen and oxygen atoms in total. The van der Waals surface area contributed by atoms with Gasteiger partial charge in [0.05, 0.1) is 0 Å². The van der Waals surface area contributed by atoms with E-state index in [9.17, 15) is 0 Å². The zero-order valence-corrected chi connectivity index (χ0v) is 38.9. The molecule has 2 heteroatoms. The first-order valence-electron chi connectivity index (χ1n) is 23.2. The number of anilines is 6. The molecule has 0 aromatic heterocycles. The molecular formula is C63H56N2. The molecule has 10 aromatic carbocycles. The molecule has 0 N–H and O–H groups in total. The summed E-state index contributed by atoms with van der Waals surface area (Å²) in [6.07, 6.45) is 0. The SMILES string of the molecule is CC(C)(C)c1ccc(N(c2ccccc2)c2ccc3c4c(c5ccccc5c3c2)-c2c(c3ccc(N(c5ccccc5)c5ccc(C(C)(C)C)cc5)cc3c3ccccc23)C4(C)C)cc1. The van der Waals surface area contributed by atoms with Gasteiger partial charge >= 0.3 is 0 Å². The van der Waals surface area contributed by atoms with E-state index in [1.54, 1.807) is 0 Å². The van der Waals surface area contributed by atoms with Gasteiger partial charge in [-0.2, -0.15) is 0 Å². The third-order valence-corrected chi connectivity index (χ3v) is 14.0. The van der Waals surface area contributed by atoms with Gasteiger partial charge in [0.2, 0.25) is 0 Å². The Balaban J connectivity index is 1.13. The summed E-state index contributed by atoms with van der Waals surface area (Å²) in [6, 6.07) is 72.5. The van der Waals surface area contributed by atoms with Gasteiger partial charge in [-0.3, -0.25) is 0 Å². The van der Waals surface area contributed by atoms with Crippen molar-refractivity contribution in [2.24, 2.45) is 0 Å². The molecule has 0 saturated carbocycles. The van der Waals surface area contributed by atoms with E-state index in [0.717, 1.165) is 34.1 Å². The lowest BCUT2D eigenvalue weighted by Crippen LogP contribution is -2.17. The van der Waals surface area contributed by atoms with Crippen molar-refractivity contribution in [2.75, 3.05) is 9.80 Å². The van der Waals surface area contributed by atoms with Crippen molar-refractivity contribution in [3.05, 3.63) is 216 Å². The number of benzene rings is 10. The van der Waals surface area contributed by atoms with Crippen LogP contribution in [0.2, 0.25) is 0 Å². The summed E-state index contributed by atoms with van der Waals surface area (Å²) >= 11 is 0. The average molecular weight is 841 g/mol. The minimum Gasteiger partial charge on any atom is -0.310 e. The van der Waals surface area contributed by atoms with Crippen molar-refractivity contribution in [1.29, 1.82) is 0 Å². The highest BCUT2D eigenvalue weighted by atomic mass is 15.1. The first kappa shape index (κ1) is 40.6. The molecule has 10 aromatic rings. The summed E-state index contributed by atoms with van der Waals surface area (Å²) in [4.78, 5) is 4.81. The number of rotatable bonds is 6. The molecule has 0 saturated heterocycles. The van der Waals surface area contributed by atoms with Crippen LogP contribution in [-0.2, 0) is 16.2 Å². The van der Waals surface area contributed by atoms with E-state index in [4.69, 9.17) is 0 Å². The smallest absolute Gasteiger partial charge is 0.0468 e. The molecule has 0 heterocycles. The minimum absolute atomic E-state index is 0.0725. The molecule has 11 rings (SSSR count). The van der Waals surface area contributed by atoms with Crippen molar-refractivity contribution < 1.29 is 0 Å². The van der Waals surface area contributed by atoms with E-state index < -0.39 is 0 Å². The van der Waals surface area contributed by atoms with Crippen LogP contribution in [0.15, 0.2) is 194 Å². The molecule has 0 atom stereocenters. The Kier molecular flexibility index (Phi) is 9.35. The molecule has 0 radical (unpaired) electrons. The second-order valence-electron chi connectivity index (χ2n) is 20.6. The normalized spacial score (nSPS) is 13.4. The van der Waals surface area contributed by atoms with E-state index in [1.807, 2.05) is 0 Å². The first-order valence-corrected chi connectivity index (χ1v) is 23.2. The van der Waals surface area contributed by atoms with Crippen LogP contribution >= 0.6 is 0 Å². The molecule has 1 aliphatic carbocycles. The minimum atomic E-state index is -0.304. The van der Waals surface area contributed by atoms with Crippen molar-refractivity contribution >= 4 is 77.2 Å². The predicted octanol–water partition coefficient (Wildman–Crippen LogP) is 18.1. The van der Waals surface area contributed by atoms with E-state index in [0.29, 0.717) is 0 Å². The van der Waals surface area contributed by atoms with Crippen LogP contribution in [-0.4, -0.2) is 0 Å². The first-order chi connectivity index (χ1) is 31.3. The third-order valence-electron chi connectivity index (χ3n) is 14.0. The van der Waals surface area contributed by atoms with E-state index in [1.165, 1.54) is 76.5 Å². The molecular weight excluding hydrogens is 785 g/mol. The van der Waals surface area contributed by atoms with Crippen LogP contribution in [0.25, 0.3) is 54.2 Å².